The van der Waals surface area contributed by atoms with E-state index in [9.17, 15) is 22.8 Å². The highest BCUT2D eigenvalue weighted by molar-refractivity contribution is 5.98. The SMILES string of the molecule is CC(C)Cc1cccc(-c2cc(-c3cc4c(n3OC(=O)C(F)(F)F)CCNC4=O)ccn2)c1. The molecule has 0 radical (unpaired) electrons. The molecule has 0 saturated carbocycles. The van der Waals surface area contributed by atoms with Crippen LogP contribution in [0.3, 0.4) is 0 Å². The van der Waals surface area contributed by atoms with Crippen LogP contribution >= 0.6 is 0 Å². The summed E-state index contributed by atoms with van der Waals surface area (Å²) in [6, 6.07) is 12.6. The lowest BCUT2D eigenvalue weighted by atomic mass is 9.99. The largest absolute Gasteiger partial charge is 0.493 e. The highest BCUT2D eigenvalue weighted by atomic mass is 19.4. The Hall–Kier alpha value is -3.62. The molecule has 0 spiro atoms. The van der Waals surface area contributed by atoms with Gasteiger partial charge in [0.25, 0.3) is 5.91 Å². The molecular formula is C24H22F3N3O3. The number of nitrogens with one attached hydrogen (secondary N) is 1. The maximum Gasteiger partial charge on any atom is 0.493 e. The van der Waals surface area contributed by atoms with Crippen LogP contribution in [0.1, 0.15) is 35.5 Å². The van der Waals surface area contributed by atoms with E-state index in [1.54, 1.807) is 12.1 Å². The molecule has 1 aliphatic rings. The minimum Gasteiger partial charge on any atom is -0.352 e. The molecule has 2 aromatic heterocycles. The molecule has 1 aliphatic heterocycles. The molecule has 0 aliphatic carbocycles. The topological polar surface area (TPSA) is 73.2 Å². The Morgan fingerprint density at radius 3 is 2.70 bits per heavy atom. The molecule has 4 rings (SSSR count). The minimum absolute atomic E-state index is 0.164. The van der Waals surface area contributed by atoms with E-state index in [1.807, 2.05) is 24.3 Å². The average Bonchev–Trinajstić information content (AvgIpc) is 3.13. The lowest BCUT2D eigenvalue weighted by Gasteiger charge is -2.17. The third-order valence-corrected chi connectivity index (χ3v) is 5.28. The van der Waals surface area contributed by atoms with Crippen molar-refractivity contribution in [3.8, 4) is 22.5 Å². The molecule has 3 aromatic rings. The Morgan fingerprint density at radius 1 is 1.18 bits per heavy atom. The monoisotopic (exact) mass is 457 g/mol. The predicted octanol–water partition coefficient (Wildman–Crippen LogP) is 4.22. The van der Waals surface area contributed by atoms with Gasteiger partial charge in [-0.2, -0.15) is 17.9 Å². The van der Waals surface area contributed by atoms with Crippen LogP contribution in [0.2, 0.25) is 0 Å². The summed E-state index contributed by atoms with van der Waals surface area (Å²) in [6.45, 7) is 4.48. The van der Waals surface area contributed by atoms with E-state index in [0.717, 1.165) is 22.3 Å². The quantitative estimate of drug-likeness (QED) is 0.623. The van der Waals surface area contributed by atoms with Gasteiger partial charge in [-0.15, -0.1) is 0 Å². The number of carbonyl (C=O) groups is 2. The zero-order valence-corrected chi connectivity index (χ0v) is 18.1. The Balaban J connectivity index is 1.78. The van der Waals surface area contributed by atoms with Crippen LogP contribution < -0.4 is 10.2 Å². The van der Waals surface area contributed by atoms with Crippen molar-refractivity contribution in [1.82, 2.24) is 15.0 Å². The fraction of sp³-hybridized carbons (Fsp3) is 0.292. The zero-order chi connectivity index (χ0) is 23.8. The smallest absolute Gasteiger partial charge is 0.352 e. The number of rotatable bonds is 5. The van der Waals surface area contributed by atoms with E-state index in [-0.39, 0.29) is 29.9 Å². The van der Waals surface area contributed by atoms with Gasteiger partial charge < -0.3 is 10.2 Å². The van der Waals surface area contributed by atoms with Crippen molar-refractivity contribution in [1.29, 1.82) is 0 Å². The summed E-state index contributed by atoms with van der Waals surface area (Å²) in [5.74, 6) is -2.32. The molecule has 33 heavy (non-hydrogen) atoms. The third-order valence-electron chi connectivity index (χ3n) is 5.28. The molecule has 9 heteroatoms. The number of fused-ring (bicyclic) bond motifs is 1. The number of benzene rings is 1. The van der Waals surface area contributed by atoms with Crippen molar-refractivity contribution in [2.24, 2.45) is 5.92 Å². The van der Waals surface area contributed by atoms with Crippen molar-refractivity contribution >= 4 is 11.9 Å². The van der Waals surface area contributed by atoms with Crippen LogP contribution in [-0.2, 0) is 17.6 Å². The predicted molar refractivity (Wildman–Crippen MR) is 115 cm³/mol. The van der Waals surface area contributed by atoms with Gasteiger partial charge in [-0.25, -0.2) is 4.79 Å². The van der Waals surface area contributed by atoms with Crippen LogP contribution in [-0.4, -0.2) is 34.3 Å². The van der Waals surface area contributed by atoms with Crippen LogP contribution in [0, 0.1) is 5.92 Å². The van der Waals surface area contributed by atoms with Crippen molar-refractivity contribution in [2.75, 3.05) is 6.54 Å². The van der Waals surface area contributed by atoms with Gasteiger partial charge in [0.2, 0.25) is 0 Å². The second-order valence-electron chi connectivity index (χ2n) is 8.29. The number of pyridine rings is 1. The van der Waals surface area contributed by atoms with Crippen LogP contribution in [0.4, 0.5) is 13.2 Å². The van der Waals surface area contributed by atoms with Crippen molar-refractivity contribution < 1.29 is 27.6 Å². The molecule has 0 unspecified atom stereocenters. The number of alkyl halides is 3. The summed E-state index contributed by atoms with van der Waals surface area (Å²) in [7, 11) is 0. The number of hydrogen-bond acceptors (Lipinski definition) is 4. The van der Waals surface area contributed by atoms with Gasteiger partial charge in [-0.1, -0.05) is 32.0 Å². The Bertz CT molecular complexity index is 1220. The second kappa shape index (κ2) is 8.73. The summed E-state index contributed by atoms with van der Waals surface area (Å²) < 4.78 is 39.6. The number of aromatic nitrogens is 2. The molecule has 1 amide bonds. The number of halogens is 3. The standard InChI is InChI=1S/C24H22F3N3O3/c1-14(2)10-15-4-3-5-16(11-15)19-12-17(6-8-28-19)21-13-18-20(7-9-29-22(18)31)30(21)33-23(32)24(25,26)27/h3-6,8,11-14H,7,9-10H2,1-2H3,(H,29,31). The first-order chi connectivity index (χ1) is 15.6. The van der Waals surface area contributed by atoms with Gasteiger partial charge in [-0.3, -0.25) is 9.78 Å². The summed E-state index contributed by atoms with van der Waals surface area (Å²) in [6.07, 6.45) is -2.53. The lowest BCUT2D eigenvalue weighted by Crippen LogP contribution is -2.37. The molecule has 0 atom stereocenters. The minimum atomic E-state index is -5.17. The molecule has 172 valence electrons. The van der Waals surface area contributed by atoms with Gasteiger partial charge in [-0.05, 0) is 42.2 Å². The summed E-state index contributed by atoms with van der Waals surface area (Å²) in [5.41, 5.74) is 3.61. The maximum atomic E-state index is 12.9. The molecule has 0 fully saturated rings. The van der Waals surface area contributed by atoms with Crippen LogP contribution in [0.15, 0.2) is 48.7 Å². The number of nitrogens with zero attached hydrogens (tertiary/aromatic N) is 2. The van der Waals surface area contributed by atoms with Crippen molar-refractivity contribution in [3.63, 3.8) is 0 Å². The highest BCUT2D eigenvalue weighted by Gasteiger charge is 2.43. The molecule has 6 nitrogen and oxygen atoms in total. The number of carbonyl (C=O) groups excluding carboxylic acids is 2. The Labute approximate surface area is 188 Å². The number of hydrogen-bond donors (Lipinski definition) is 1. The van der Waals surface area contributed by atoms with Crippen LogP contribution in [0.5, 0.6) is 0 Å². The van der Waals surface area contributed by atoms with Gasteiger partial charge in [0.1, 0.15) is 0 Å². The van der Waals surface area contributed by atoms with Crippen molar-refractivity contribution in [2.45, 2.75) is 32.9 Å². The van der Waals surface area contributed by atoms with Gasteiger partial charge >= 0.3 is 12.1 Å². The molecule has 0 bridgehead atoms. The fourth-order valence-electron chi connectivity index (χ4n) is 3.87. The van der Waals surface area contributed by atoms with Gasteiger partial charge in [0.15, 0.2) is 0 Å². The normalized spacial score (nSPS) is 13.6. The highest BCUT2D eigenvalue weighted by Crippen LogP contribution is 2.31. The zero-order valence-electron chi connectivity index (χ0n) is 18.1. The summed E-state index contributed by atoms with van der Waals surface area (Å²) in [5, 5.41) is 2.65. The molecule has 1 N–H and O–H groups in total. The first kappa shape index (κ1) is 22.6. The second-order valence-corrected chi connectivity index (χ2v) is 8.29. The average molecular weight is 457 g/mol. The lowest BCUT2D eigenvalue weighted by molar-refractivity contribution is -0.199. The first-order valence-corrected chi connectivity index (χ1v) is 10.5. The molecular weight excluding hydrogens is 435 g/mol. The van der Waals surface area contributed by atoms with Crippen molar-refractivity contribution in [3.05, 3.63) is 65.5 Å². The summed E-state index contributed by atoms with van der Waals surface area (Å²) >= 11 is 0. The van der Waals surface area contributed by atoms with Crippen LogP contribution in [0.25, 0.3) is 22.5 Å². The fourth-order valence-corrected chi connectivity index (χ4v) is 3.87. The van der Waals surface area contributed by atoms with E-state index in [2.05, 4.69) is 24.1 Å². The molecule has 1 aromatic carbocycles. The molecule has 0 saturated heterocycles. The Morgan fingerprint density at radius 2 is 1.97 bits per heavy atom. The number of amides is 1. The maximum absolute atomic E-state index is 12.9. The van der Waals surface area contributed by atoms with E-state index in [0.29, 0.717) is 17.2 Å². The van der Waals surface area contributed by atoms with E-state index in [1.165, 1.54) is 12.3 Å². The Kier molecular flexibility index (Phi) is 5.97. The third kappa shape index (κ3) is 4.76. The summed E-state index contributed by atoms with van der Waals surface area (Å²) in [4.78, 5) is 33.0. The first-order valence-electron chi connectivity index (χ1n) is 10.5. The van der Waals surface area contributed by atoms with E-state index < -0.39 is 18.1 Å². The van der Waals surface area contributed by atoms with Gasteiger partial charge in [0, 0.05) is 30.3 Å². The van der Waals surface area contributed by atoms with E-state index >= 15 is 0 Å². The molecule has 3 heterocycles. The van der Waals surface area contributed by atoms with E-state index in [4.69, 9.17) is 4.84 Å². The van der Waals surface area contributed by atoms with Gasteiger partial charge in [0.05, 0.1) is 22.6 Å².